The quantitative estimate of drug-likeness (QED) is 0.676. The summed E-state index contributed by atoms with van der Waals surface area (Å²) in [5.74, 6) is 0. The lowest BCUT2D eigenvalue weighted by Gasteiger charge is -2.14. The molecular weight excluding hydrogens is 280 g/mol. The summed E-state index contributed by atoms with van der Waals surface area (Å²) in [6.07, 6.45) is 3.45. The van der Waals surface area contributed by atoms with Crippen LogP contribution in [0.15, 0.2) is 28.5 Å². The first-order chi connectivity index (χ1) is 9.99. The molecule has 0 N–H and O–H groups in total. The fourth-order valence-electron chi connectivity index (χ4n) is 2.45. The highest BCUT2D eigenvalue weighted by molar-refractivity contribution is 7.99. The topological polar surface area (TPSA) is 43.6 Å². The van der Waals surface area contributed by atoms with Crippen molar-refractivity contribution in [3.05, 3.63) is 40.8 Å². The molecule has 0 saturated carbocycles. The maximum Gasteiger partial charge on any atom is 0.162 e. The van der Waals surface area contributed by atoms with Crippen LogP contribution in [0.3, 0.4) is 0 Å². The summed E-state index contributed by atoms with van der Waals surface area (Å²) >= 11 is 1.71. The van der Waals surface area contributed by atoms with E-state index >= 15 is 0 Å². The number of hydrogen-bond donors (Lipinski definition) is 0. The second-order valence-corrected chi connectivity index (χ2v) is 6.37. The Morgan fingerprint density at radius 1 is 1.00 bits per heavy atom. The first-order valence-corrected chi connectivity index (χ1v) is 7.68. The SMILES string of the molecule is Cc1cc(C)c(C)c(Sc2ncnc3c2cnn3C)c1C. The summed E-state index contributed by atoms with van der Waals surface area (Å²) in [6.45, 7) is 8.66. The van der Waals surface area contributed by atoms with E-state index in [2.05, 4.69) is 48.8 Å². The summed E-state index contributed by atoms with van der Waals surface area (Å²) < 4.78 is 1.78. The van der Waals surface area contributed by atoms with Crippen LogP contribution in [0.25, 0.3) is 11.0 Å². The van der Waals surface area contributed by atoms with Crippen molar-refractivity contribution < 1.29 is 0 Å². The van der Waals surface area contributed by atoms with Gasteiger partial charge in [-0.2, -0.15) is 5.10 Å². The number of nitrogens with zero attached hydrogens (tertiary/aromatic N) is 4. The van der Waals surface area contributed by atoms with Gasteiger partial charge in [-0.05, 0) is 49.9 Å². The van der Waals surface area contributed by atoms with Crippen molar-refractivity contribution in [3.8, 4) is 0 Å². The molecule has 0 amide bonds. The van der Waals surface area contributed by atoms with Crippen molar-refractivity contribution in [2.75, 3.05) is 0 Å². The fourth-order valence-corrected chi connectivity index (χ4v) is 3.63. The van der Waals surface area contributed by atoms with Gasteiger partial charge in [-0.15, -0.1) is 0 Å². The van der Waals surface area contributed by atoms with Crippen LogP contribution >= 0.6 is 11.8 Å². The van der Waals surface area contributed by atoms with Crippen molar-refractivity contribution in [1.82, 2.24) is 19.7 Å². The maximum absolute atomic E-state index is 4.46. The minimum Gasteiger partial charge on any atom is -0.250 e. The normalized spacial score (nSPS) is 11.3. The zero-order valence-corrected chi connectivity index (χ0v) is 13.7. The molecule has 0 unspecified atom stereocenters. The highest BCUT2D eigenvalue weighted by atomic mass is 32.2. The second-order valence-electron chi connectivity index (χ2n) is 5.38. The van der Waals surface area contributed by atoms with Gasteiger partial charge in [0.05, 0.1) is 11.6 Å². The first-order valence-electron chi connectivity index (χ1n) is 6.87. The van der Waals surface area contributed by atoms with Crippen molar-refractivity contribution in [1.29, 1.82) is 0 Å². The number of benzene rings is 1. The third-order valence-electron chi connectivity index (χ3n) is 3.99. The van der Waals surface area contributed by atoms with E-state index in [1.807, 2.05) is 13.2 Å². The first kappa shape index (κ1) is 14.1. The molecule has 0 spiro atoms. The molecule has 0 saturated heterocycles. The van der Waals surface area contributed by atoms with Gasteiger partial charge in [0.2, 0.25) is 0 Å². The minimum atomic E-state index is 0.868. The Labute approximate surface area is 128 Å². The summed E-state index contributed by atoms with van der Waals surface area (Å²) in [7, 11) is 1.90. The molecule has 21 heavy (non-hydrogen) atoms. The van der Waals surface area contributed by atoms with E-state index in [1.54, 1.807) is 22.8 Å². The summed E-state index contributed by atoms with van der Waals surface area (Å²) in [5.41, 5.74) is 6.14. The van der Waals surface area contributed by atoms with Gasteiger partial charge in [0.25, 0.3) is 0 Å². The molecule has 0 fully saturated rings. The summed E-state index contributed by atoms with van der Waals surface area (Å²) in [4.78, 5) is 10.0. The second kappa shape index (κ2) is 5.15. The van der Waals surface area contributed by atoms with Crippen molar-refractivity contribution in [2.24, 2.45) is 7.05 Å². The Morgan fingerprint density at radius 2 is 1.67 bits per heavy atom. The van der Waals surface area contributed by atoms with Gasteiger partial charge in [-0.1, -0.05) is 17.8 Å². The van der Waals surface area contributed by atoms with Gasteiger partial charge in [0, 0.05) is 11.9 Å². The number of aromatic nitrogens is 4. The molecule has 0 radical (unpaired) electrons. The lowest BCUT2D eigenvalue weighted by Crippen LogP contribution is -1.95. The molecule has 2 aromatic heterocycles. The average molecular weight is 298 g/mol. The smallest absolute Gasteiger partial charge is 0.162 e. The molecule has 3 rings (SSSR count). The van der Waals surface area contributed by atoms with Crippen LogP contribution in [0.1, 0.15) is 22.3 Å². The maximum atomic E-state index is 4.46. The predicted octanol–water partition coefficient (Wildman–Crippen LogP) is 3.75. The predicted molar refractivity (Wildman–Crippen MR) is 85.8 cm³/mol. The zero-order valence-electron chi connectivity index (χ0n) is 12.9. The Bertz CT molecular complexity index is 810. The van der Waals surface area contributed by atoms with Gasteiger partial charge >= 0.3 is 0 Å². The average Bonchev–Trinajstić information content (AvgIpc) is 2.84. The molecule has 0 aliphatic rings. The molecule has 0 bridgehead atoms. The van der Waals surface area contributed by atoms with Gasteiger partial charge in [0.15, 0.2) is 5.65 Å². The minimum absolute atomic E-state index is 0.868. The van der Waals surface area contributed by atoms with Crippen molar-refractivity contribution >= 4 is 22.8 Å². The van der Waals surface area contributed by atoms with Gasteiger partial charge in [-0.3, -0.25) is 4.68 Å². The highest BCUT2D eigenvalue weighted by Gasteiger charge is 2.14. The van der Waals surface area contributed by atoms with E-state index in [1.165, 1.54) is 27.1 Å². The molecule has 0 aliphatic carbocycles. The number of rotatable bonds is 2. The van der Waals surface area contributed by atoms with Crippen LogP contribution in [0.5, 0.6) is 0 Å². The fraction of sp³-hybridized carbons (Fsp3) is 0.312. The standard InChI is InChI=1S/C16H18N4S/c1-9-6-10(2)12(4)14(11(9)3)21-16-13-7-19-20(5)15(13)17-8-18-16/h6-8H,1-5H3. The monoisotopic (exact) mass is 298 g/mol. The van der Waals surface area contributed by atoms with Crippen LogP contribution in [-0.2, 0) is 7.05 Å². The van der Waals surface area contributed by atoms with Crippen molar-refractivity contribution in [3.63, 3.8) is 0 Å². The van der Waals surface area contributed by atoms with E-state index < -0.39 is 0 Å². The molecule has 108 valence electrons. The molecule has 4 nitrogen and oxygen atoms in total. The van der Waals surface area contributed by atoms with Crippen LogP contribution < -0.4 is 0 Å². The molecular formula is C16H18N4S. The van der Waals surface area contributed by atoms with E-state index in [9.17, 15) is 0 Å². The molecule has 0 aliphatic heterocycles. The van der Waals surface area contributed by atoms with Crippen LogP contribution in [-0.4, -0.2) is 19.7 Å². The van der Waals surface area contributed by atoms with Crippen LogP contribution in [0, 0.1) is 27.7 Å². The number of aryl methyl sites for hydroxylation is 3. The molecule has 0 atom stereocenters. The lowest BCUT2D eigenvalue weighted by molar-refractivity contribution is 0.784. The lowest BCUT2D eigenvalue weighted by atomic mass is 10.0. The van der Waals surface area contributed by atoms with Gasteiger partial charge < -0.3 is 0 Å². The van der Waals surface area contributed by atoms with Gasteiger partial charge in [0.1, 0.15) is 11.4 Å². The molecule has 3 aromatic rings. The Morgan fingerprint density at radius 3 is 2.33 bits per heavy atom. The Kier molecular flexibility index (Phi) is 3.45. The van der Waals surface area contributed by atoms with Gasteiger partial charge in [-0.25, -0.2) is 9.97 Å². The van der Waals surface area contributed by atoms with E-state index in [0.717, 1.165) is 16.1 Å². The Balaban J connectivity index is 2.15. The molecule has 2 heterocycles. The third-order valence-corrected chi connectivity index (χ3v) is 5.32. The third kappa shape index (κ3) is 2.31. The van der Waals surface area contributed by atoms with Crippen molar-refractivity contribution in [2.45, 2.75) is 37.6 Å². The largest absolute Gasteiger partial charge is 0.250 e. The summed E-state index contributed by atoms with van der Waals surface area (Å²) in [6, 6.07) is 2.24. The number of fused-ring (bicyclic) bond motifs is 1. The van der Waals surface area contributed by atoms with Crippen LogP contribution in [0.2, 0.25) is 0 Å². The van der Waals surface area contributed by atoms with E-state index in [4.69, 9.17) is 0 Å². The summed E-state index contributed by atoms with van der Waals surface area (Å²) in [5, 5.41) is 6.24. The number of hydrogen-bond acceptors (Lipinski definition) is 4. The zero-order chi connectivity index (χ0) is 15.1. The molecule has 5 heteroatoms. The molecule has 1 aromatic carbocycles. The highest BCUT2D eigenvalue weighted by Crippen LogP contribution is 2.37. The van der Waals surface area contributed by atoms with E-state index in [0.29, 0.717) is 0 Å². The Hall–Kier alpha value is -1.88. The van der Waals surface area contributed by atoms with E-state index in [-0.39, 0.29) is 0 Å². The van der Waals surface area contributed by atoms with Crippen LogP contribution in [0.4, 0.5) is 0 Å².